The molecule has 2 heterocycles. The molecule has 1 atom stereocenters. The molecule has 0 aliphatic heterocycles. The van der Waals surface area contributed by atoms with Crippen molar-refractivity contribution in [2.45, 2.75) is 12.5 Å². The number of anilines is 1. The molecule has 4 N–H and O–H groups in total. The molecule has 0 unspecified atom stereocenters. The summed E-state index contributed by atoms with van der Waals surface area (Å²) in [5.74, 6) is 0. The van der Waals surface area contributed by atoms with Crippen LogP contribution in [0.25, 0.3) is 11.4 Å². The van der Waals surface area contributed by atoms with Crippen LogP contribution in [0.5, 0.6) is 0 Å². The molecule has 21 heavy (non-hydrogen) atoms. The summed E-state index contributed by atoms with van der Waals surface area (Å²) in [5.41, 5.74) is 7.06. The van der Waals surface area contributed by atoms with Gasteiger partial charge in [-0.2, -0.15) is 5.10 Å². The lowest BCUT2D eigenvalue weighted by Gasteiger charge is -2.16. The van der Waals surface area contributed by atoms with Gasteiger partial charge in [0, 0.05) is 17.3 Å². The van der Waals surface area contributed by atoms with Gasteiger partial charge in [0.2, 0.25) is 0 Å². The van der Waals surface area contributed by atoms with Crippen molar-refractivity contribution in [2.75, 3.05) is 5.73 Å². The fourth-order valence-corrected chi connectivity index (χ4v) is 2.00. The zero-order valence-electron chi connectivity index (χ0n) is 14.2. The Morgan fingerprint density at radius 1 is 1.76 bits per heavy atom. The van der Waals surface area contributed by atoms with Crippen molar-refractivity contribution < 1.29 is 14.0 Å². The van der Waals surface area contributed by atoms with Crippen molar-refractivity contribution in [3.05, 3.63) is 42.7 Å². The first-order valence-corrected chi connectivity index (χ1v) is 6.14. The van der Waals surface area contributed by atoms with Gasteiger partial charge in [0.25, 0.3) is 0 Å². The number of carboxylic acid groups (broad SMARTS) is 1. The van der Waals surface area contributed by atoms with E-state index in [-0.39, 0.29) is 11.4 Å². The molecule has 2 aromatic heterocycles. The van der Waals surface area contributed by atoms with Gasteiger partial charge in [0.15, 0.2) is 0 Å². The van der Waals surface area contributed by atoms with Gasteiger partial charge >= 0.3 is 6.09 Å². The van der Waals surface area contributed by atoms with E-state index in [1.54, 1.807) is 18.2 Å². The number of hydrogen-bond donors (Lipinski definition) is 3. The average Bonchev–Trinajstić information content (AvgIpc) is 2.88. The van der Waals surface area contributed by atoms with E-state index in [0.29, 0.717) is 17.7 Å². The molecule has 2 aromatic rings. The Morgan fingerprint density at radius 3 is 3.24 bits per heavy atom. The molecule has 2 rings (SSSR count). The fraction of sp³-hybridized carbons (Fsp3) is 0.214. The van der Waals surface area contributed by atoms with Gasteiger partial charge in [0.05, 0.1) is 23.6 Å². The Hall–Kier alpha value is -2.83. The Morgan fingerprint density at radius 2 is 2.57 bits per heavy atom. The summed E-state index contributed by atoms with van der Waals surface area (Å²) in [7, 11) is 0. The van der Waals surface area contributed by atoms with E-state index in [4.69, 9.17) is 15.0 Å². The van der Waals surface area contributed by atoms with Crippen molar-refractivity contribution in [3.8, 4) is 11.4 Å². The lowest BCUT2D eigenvalue weighted by Crippen LogP contribution is -2.26. The van der Waals surface area contributed by atoms with Crippen LogP contribution in [0.3, 0.4) is 0 Å². The quantitative estimate of drug-likeness (QED) is 0.730. The van der Waals surface area contributed by atoms with Gasteiger partial charge in [-0.25, -0.2) is 4.79 Å². The van der Waals surface area contributed by atoms with Crippen LogP contribution in [-0.4, -0.2) is 26.0 Å². The number of nitrogens with one attached hydrogen (secondary N) is 1. The summed E-state index contributed by atoms with van der Waals surface area (Å²) >= 11 is 0. The number of nitrogen functional groups attached to an aromatic ring is 1. The molecule has 7 nitrogen and oxygen atoms in total. The highest BCUT2D eigenvalue weighted by atomic mass is 16.4. The molecule has 0 aliphatic rings. The first-order valence-electron chi connectivity index (χ1n) is 7.64. The zero-order chi connectivity index (χ0) is 17.9. The molecular formula is C14H17N5O2. The van der Waals surface area contributed by atoms with E-state index in [2.05, 4.69) is 22.0 Å². The topological polar surface area (TPSA) is 106 Å². The minimum absolute atomic E-state index is 0.157. The number of nitrogens with two attached hydrogens (primary N) is 1. The molecule has 7 heteroatoms. The van der Waals surface area contributed by atoms with Crippen molar-refractivity contribution >= 4 is 11.8 Å². The van der Waals surface area contributed by atoms with E-state index in [1.165, 1.54) is 12.4 Å². The Bertz CT molecular complexity index is 757. The highest BCUT2D eigenvalue weighted by Gasteiger charge is 2.16. The number of aromatic nitrogens is 3. The van der Waals surface area contributed by atoms with E-state index in [1.807, 2.05) is 0 Å². The smallest absolute Gasteiger partial charge is 0.405 e. The maximum absolute atomic E-state index is 10.9. The molecule has 0 aliphatic carbocycles. The van der Waals surface area contributed by atoms with Crippen LogP contribution in [0, 0.1) is 0 Å². The van der Waals surface area contributed by atoms with Crippen LogP contribution < -0.4 is 11.1 Å². The molecule has 0 radical (unpaired) electrons. The summed E-state index contributed by atoms with van der Waals surface area (Å²) in [4.78, 5) is 15.1. The first kappa shape index (κ1) is 10.9. The molecule has 0 spiro atoms. The van der Waals surface area contributed by atoms with Crippen molar-refractivity contribution in [1.82, 2.24) is 20.1 Å². The Balaban J connectivity index is 2.50. The molecule has 110 valence electrons. The van der Waals surface area contributed by atoms with Gasteiger partial charge in [0.1, 0.15) is 5.69 Å². The van der Waals surface area contributed by atoms with E-state index in [9.17, 15) is 4.79 Å². The number of pyridine rings is 1. The molecule has 0 bridgehead atoms. The van der Waals surface area contributed by atoms with E-state index < -0.39 is 19.1 Å². The lowest BCUT2D eigenvalue weighted by atomic mass is 10.0. The minimum Gasteiger partial charge on any atom is -0.465 e. The largest absolute Gasteiger partial charge is 0.465 e. The Kier molecular flexibility index (Phi) is 3.16. The molecule has 1 amide bonds. The van der Waals surface area contributed by atoms with Crippen molar-refractivity contribution in [2.24, 2.45) is 6.98 Å². The highest BCUT2D eigenvalue weighted by Crippen LogP contribution is 2.26. The normalized spacial score (nSPS) is 14.6. The number of aryl methyl sites for hydroxylation is 1. The van der Waals surface area contributed by atoms with Crippen LogP contribution >= 0.6 is 0 Å². The first-order chi connectivity index (χ1) is 11.2. The molecule has 0 saturated heterocycles. The van der Waals surface area contributed by atoms with E-state index >= 15 is 0 Å². The van der Waals surface area contributed by atoms with Crippen LogP contribution in [0.15, 0.2) is 37.2 Å². The van der Waals surface area contributed by atoms with Gasteiger partial charge in [-0.3, -0.25) is 9.67 Å². The summed E-state index contributed by atoms with van der Waals surface area (Å²) < 4.78 is 23.4. The number of amides is 1. The van der Waals surface area contributed by atoms with E-state index in [0.717, 1.165) is 4.68 Å². The predicted molar refractivity (Wildman–Crippen MR) is 79.6 cm³/mol. The number of hydrogen-bond acceptors (Lipinski definition) is 4. The third kappa shape index (κ3) is 3.19. The second kappa shape index (κ2) is 6.08. The van der Waals surface area contributed by atoms with Gasteiger partial charge in [-0.05, 0) is 24.1 Å². The minimum atomic E-state index is -2.51. The Labute approximate surface area is 126 Å². The van der Waals surface area contributed by atoms with Crippen LogP contribution in [-0.2, 0) is 6.98 Å². The predicted octanol–water partition coefficient (Wildman–Crippen LogP) is 1.95. The summed E-state index contributed by atoms with van der Waals surface area (Å²) in [5, 5.41) is 15.1. The second-order valence-corrected chi connectivity index (χ2v) is 4.36. The third-order valence-electron chi connectivity index (χ3n) is 2.93. The maximum atomic E-state index is 10.9. The molecule has 0 saturated carbocycles. The number of carbonyl (C=O) groups is 1. The van der Waals surface area contributed by atoms with Crippen LogP contribution in [0.2, 0.25) is 0 Å². The summed E-state index contributed by atoms with van der Waals surface area (Å²) in [6.07, 6.45) is 3.48. The second-order valence-electron chi connectivity index (χ2n) is 4.36. The SMILES string of the molecule is [2H]C([2H])([2H])n1ncc(N)c1-c1cc([C@H](CC=C)NC(=O)O)ccn1. The summed E-state index contributed by atoms with van der Waals surface area (Å²) in [6, 6.07) is 2.69. The molecule has 0 fully saturated rings. The van der Waals surface area contributed by atoms with Gasteiger partial charge in [-0.1, -0.05) is 6.08 Å². The molecular weight excluding hydrogens is 270 g/mol. The van der Waals surface area contributed by atoms with Crippen molar-refractivity contribution in [3.63, 3.8) is 0 Å². The fourth-order valence-electron chi connectivity index (χ4n) is 2.00. The van der Waals surface area contributed by atoms with Crippen LogP contribution in [0.4, 0.5) is 10.5 Å². The average molecular weight is 290 g/mol. The number of nitrogens with zero attached hydrogens (tertiary/aromatic N) is 3. The third-order valence-corrected chi connectivity index (χ3v) is 2.93. The standard InChI is InChI=1S/C14H17N5O2/c1-3-4-11(18-14(20)21)9-5-6-16-12(7-9)13-10(15)8-17-19(13)2/h3,5-8,11,18H,1,4,15H2,2H3,(H,20,21)/t11-/m0/s1/i2D3. The van der Waals surface area contributed by atoms with Crippen molar-refractivity contribution in [1.29, 1.82) is 0 Å². The monoisotopic (exact) mass is 290 g/mol. The summed E-state index contributed by atoms with van der Waals surface area (Å²) in [6.45, 7) is 1.10. The maximum Gasteiger partial charge on any atom is 0.405 e. The number of rotatable bonds is 5. The van der Waals surface area contributed by atoms with Crippen LogP contribution in [0.1, 0.15) is 22.1 Å². The zero-order valence-corrected chi connectivity index (χ0v) is 11.2. The molecule has 0 aromatic carbocycles. The van der Waals surface area contributed by atoms with Gasteiger partial charge in [-0.15, -0.1) is 6.58 Å². The lowest BCUT2D eigenvalue weighted by molar-refractivity contribution is 0.190. The van der Waals surface area contributed by atoms with Gasteiger partial charge < -0.3 is 16.2 Å². The highest BCUT2D eigenvalue weighted by molar-refractivity contribution is 5.70.